The lowest BCUT2D eigenvalue weighted by Crippen LogP contribution is -2.56. The summed E-state index contributed by atoms with van der Waals surface area (Å²) in [5.41, 5.74) is 0.835. The van der Waals surface area contributed by atoms with E-state index in [-0.39, 0.29) is 17.4 Å². The minimum Gasteiger partial charge on any atom is -0.351 e. The fourth-order valence-electron chi connectivity index (χ4n) is 3.34. The molecule has 1 aliphatic carbocycles. The molecule has 0 saturated heterocycles. The smallest absolute Gasteiger partial charge is 0.241 e. The molecule has 4 nitrogen and oxygen atoms in total. The van der Waals surface area contributed by atoms with E-state index in [1.807, 2.05) is 37.3 Å². The summed E-state index contributed by atoms with van der Waals surface area (Å²) in [6, 6.07) is 9.80. The summed E-state index contributed by atoms with van der Waals surface area (Å²) in [7, 11) is -3.43. The monoisotopic (exact) mass is 337 g/mol. The van der Waals surface area contributed by atoms with Crippen LogP contribution in [0.5, 0.6) is 0 Å². The summed E-state index contributed by atoms with van der Waals surface area (Å²) in [6.07, 6.45) is 3.62. The number of rotatable bonds is 5. The Kier molecular flexibility index (Phi) is 4.90. The van der Waals surface area contributed by atoms with E-state index in [0.717, 1.165) is 18.4 Å². The zero-order chi connectivity index (χ0) is 17.3. The number of nitrogens with one attached hydrogen (secondary N) is 1. The van der Waals surface area contributed by atoms with Crippen molar-refractivity contribution in [2.24, 2.45) is 0 Å². The van der Waals surface area contributed by atoms with Gasteiger partial charge in [-0.05, 0) is 25.3 Å². The highest BCUT2D eigenvalue weighted by atomic mass is 32.2. The van der Waals surface area contributed by atoms with Crippen molar-refractivity contribution in [2.45, 2.75) is 62.7 Å². The van der Waals surface area contributed by atoms with Gasteiger partial charge in [-0.3, -0.25) is 4.79 Å². The average Bonchev–Trinajstić information content (AvgIpc) is 2.98. The Bertz CT molecular complexity index is 659. The number of hydrogen-bond donors (Lipinski definition) is 1. The number of amides is 1. The van der Waals surface area contributed by atoms with Gasteiger partial charge in [0.05, 0.1) is 0 Å². The normalized spacial score (nSPS) is 19.3. The Morgan fingerprint density at radius 2 is 1.70 bits per heavy atom. The molecule has 1 N–H and O–H groups in total. The fraction of sp³-hybridized carbons (Fsp3) is 0.611. The van der Waals surface area contributed by atoms with Crippen molar-refractivity contribution >= 4 is 15.7 Å². The molecule has 1 aromatic carbocycles. The first kappa shape index (κ1) is 18.0. The number of carbonyl (C=O) groups is 1. The Morgan fingerprint density at radius 3 is 2.17 bits per heavy atom. The molecule has 2 rings (SSSR count). The fourth-order valence-corrected chi connectivity index (χ4v) is 4.76. The molecule has 0 spiro atoms. The zero-order valence-electron chi connectivity index (χ0n) is 14.4. The maximum atomic E-state index is 12.8. The van der Waals surface area contributed by atoms with E-state index in [9.17, 15) is 13.2 Å². The first-order valence-electron chi connectivity index (χ1n) is 8.17. The average molecular weight is 337 g/mol. The summed E-state index contributed by atoms with van der Waals surface area (Å²) in [5.74, 6) is -0.339. The van der Waals surface area contributed by atoms with Crippen LogP contribution in [-0.4, -0.2) is 31.4 Å². The topological polar surface area (TPSA) is 63.2 Å². The van der Waals surface area contributed by atoms with Gasteiger partial charge in [-0.1, -0.05) is 57.0 Å². The molecular weight excluding hydrogens is 310 g/mol. The Hall–Kier alpha value is -1.36. The van der Waals surface area contributed by atoms with Gasteiger partial charge in [0.2, 0.25) is 5.91 Å². The Morgan fingerprint density at radius 1 is 1.17 bits per heavy atom. The summed E-state index contributed by atoms with van der Waals surface area (Å²) in [4.78, 5) is 12.8. The Labute approximate surface area is 139 Å². The summed E-state index contributed by atoms with van der Waals surface area (Å²) < 4.78 is 23.2. The van der Waals surface area contributed by atoms with Gasteiger partial charge in [0.25, 0.3) is 0 Å². The largest absolute Gasteiger partial charge is 0.351 e. The van der Waals surface area contributed by atoms with Crippen LogP contribution in [0.1, 0.15) is 52.0 Å². The molecular formula is C18H27NO3S. The lowest BCUT2D eigenvalue weighted by molar-refractivity contribution is -0.124. The molecule has 5 heteroatoms. The lowest BCUT2D eigenvalue weighted by Gasteiger charge is -2.36. The van der Waals surface area contributed by atoms with Gasteiger partial charge in [0.1, 0.15) is 4.75 Å². The third kappa shape index (κ3) is 3.30. The van der Waals surface area contributed by atoms with Crippen LogP contribution in [0.15, 0.2) is 30.3 Å². The van der Waals surface area contributed by atoms with E-state index in [0.29, 0.717) is 12.8 Å². The highest BCUT2D eigenvalue weighted by Crippen LogP contribution is 2.37. The standard InChI is InChI=1S/C18H27NO3S/c1-14(17(2,3)15-10-6-5-7-11-15)19-16(20)18(23(4,21)22)12-8-9-13-18/h5-7,10-11,14H,8-9,12-13H2,1-4H3,(H,19,20)/t14-/m1/s1. The zero-order valence-corrected chi connectivity index (χ0v) is 15.2. The van der Waals surface area contributed by atoms with Crippen LogP contribution in [-0.2, 0) is 20.0 Å². The molecule has 1 aromatic rings. The second-order valence-electron chi connectivity index (χ2n) is 7.26. The van der Waals surface area contributed by atoms with Crippen molar-refractivity contribution in [1.82, 2.24) is 5.32 Å². The molecule has 0 unspecified atom stereocenters. The maximum absolute atomic E-state index is 12.8. The second-order valence-corrected chi connectivity index (χ2v) is 9.58. The molecule has 1 saturated carbocycles. The van der Waals surface area contributed by atoms with E-state index < -0.39 is 14.6 Å². The van der Waals surface area contributed by atoms with E-state index >= 15 is 0 Å². The van der Waals surface area contributed by atoms with Gasteiger partial charge in [-0.25, -0.2) is 8.42 Å². The van der Waals surface area contributed by atoms with Crippen LogP contribution in [0, 0.1) is 0 Å². The molecule has 23 heavy (non-hydrogen) atoms. The quantitative estimate of drug-likeness (QED) is 0.898. The second kappa shape index (κ2) is 6.27. The molecule has 1 amide bonds. The van der Waals surface area contributed by atoms with Gasteiger partial charge >= 0.3 is 0 Å². The number of hydrogen-bond acceptors (Lipinski definition) is 3. The lowest BCUT2D eigenvalue weighted by atomic mass is 9.78. The van der Waals surface area contributed by atoms with E-state index in [1.165, 1.54) is 6.26 Å². The van der Waals surface area contributed by atoms with Crippen LogP contribution in [0.2, 0.25) is 0 Å². The molecule has 0 bridgehead atoms. The maximum Gasteiger partial charge on any atom is 0.241 e. The first-order chi connectivity index (χ1) is 10.6. The van der Waals surface area contributed by atoms with Crippen molar-refractivity contribution in [3.05, 3.63) is 35.9 Å². The van der Waals surface area contributed by atoms with E-state index in [2.05, 4.69) is 19.2 Å². The van der Waals surface area contributed by atoms with Gasteiger partial charge in [-0.15, -0.1) is 0 Å². The van der Waals surface area contributed by atoms with Crippen molar-refractivity contribution in [3.8, 4) is 0 Å². The van der Waals surface area contributed by atoms with E-state index in [1.54, 1.807) is 0 Å². The predicted molar refractivity (Wildman–Crippen MR) is 93.1 cm³/mol. The van der Waals surface area contributed by atoms with Crippen LogP contribution >= 0.6 is 0 Å². The molecule has 1 fully saturated rings. The summed E-state index contributed by atoms with van der Waals surface area (Å²) in [5, 5.41) is 2.99. The van der Waals surface area contributed by atoms with Crippen molar-refractivity contribution in [2.75, 3.05) is 6.26 Å². The minimum absolute atomic E-state index is 0.170. The highest BCUT2D eigenvalue weighted by molar-refractivity contribution is 7.92. The minimum atomic E-state index is -3.43. The molecule has 128 valence electrons. The summed E-state index contributed by atoms with van der Waals surface area (Å²) >= 11 is 0. The molecule has 0 aromatic heterocycles. The van der Waals surface area contributed by atoms with Gasteiger partial charge in [0, 0.05) is 17.7 Å². The van der Waals surface area contributed by atoms with Crippen LogP contribution in [0.25, 0.3) is 0 Å². The number of sulfone groups is 1. The molecule has 0 radical (unpaired) electrons. The number of benzene rings is 1. The highest BCUT2D eigenvalue weighted by Gasteiger charge is 2.50. The van der Waals surface area contributed by atoms with Gasteiger partial charge in [-0.2, -0.15) is 0 Å². The van der Waals surface area contributed by atoms with Gasteiger partial charge in [0.15, 0.2) is 9.84 Å². The van der Waals surface area contributed by atoms with Crippen molar-refractivity contribution in [3.63, 3.8) is 0 Å². The molecule has 1 aliphatic rings. The number of carbonyl (C=O) groups excluding carboxylic acids is 1. The SMILES string of the molecule is C[C@@H](NC(=O)C1(S(C)(=O)=O)CCCC1)C(C)(C)c1ccccc1. The van der Waals surface area contributed by atoms with Crippen molar-refractivity contribution < 1.29 is 13.2 Å². The third-order valence-electron chi connectivity index (χ3n) is 5.48. The molecule has 0 heterocycles. The van der Waals surface area contributed by atoms with Gasteiger partial charge < -0.3 is 5.32 Å². The Balaban J connectivity index is 2.22. The molecule has 1 atom stereocenters. The third-order valence-corrected chi connectivity index (χ3v) is 7.50. The predicted octanol–water partition coefficient (Wildman–Crippen LogP) is 2.83. The first-order valence-corrected chi connectivity index (χ1v) is 10.1. The van der Waals surface area contributed by atoms with Crippen molar-refractivity contribution in [1.29, 1.82) is 0 Å². The van der Waals surface area contributed by atoms with Crippen LogP contribution in [0.3, 0.4) is 0 Å². The van der Waals surface area contributed by atoms with Crippen LogP contribution < -0.4 is 5.32 Å². The van der Waals surface area contributed by atoms with Crippen LogP contribution in [0.4, 0.5) is 0 Å². The molecule has 0 aliphatic heterocycles. The van der Waals surface area contributed by atoms with E-state index in [4.69, 9.17) is 0 Å². The summed E-state index contributed by atoms with van der Waals surface area (Å²) in [6.45, 7) is 6.07.